The average Bonchev–Trinajstić information content (AvgIpc) is 2.45. The first kappa shape index (κ1) is 13.3. The lowest BCUT2D eigenvalue weighted by atomic mass is 9.92. The Kier molecular flexibility index (Phi) is 4.29. The average molecular weight is 250 g/mol. The van der Waals surface area contributed by atoms with Crippen molar-refractivity contribution in [3.05, 3.63) is 65.2 Å². The lowest BCUT2D eigenvalue weighted by molar-refractivity contribution is 0.0981. The molecule has 3 heteroatoms. The summed E-state index contributed by atoms with van der Waals surface area (Å²) in [4.78, 5) is 23.0. The molecule has 0 aliphatic rings. The highest BCUT2D eigenvalue weighted by molar-refractivity contribution is 6.32. The van der Waals surface area contributed by atoms with Gasteiger partial charge in [0.15, 0.2) is 5.78 Å². The second-order valence-electron chi connectivity index (χ2n) is 4.61. The number of carbonyl (C=O) groups excluding carboxylic acids is 2. The molecule has 0 bridgehead atoms. The predicted octanol–water partition coefficient (Wildman–Crippen LogP) is 1.57. The zero-order valence-corrected chi connectivity index (χ0v) is 10.9. The van der Waals surface area contributed by atoms with Crippen LogP contribution in [-0.4, -0.2) is 19.9 Å². The maximum Gasteiger partial charge on any atom is 0.163 e. The first-order valence-corrected chi connectivity index (χ1v) is 6.33. The molecule has 2 nitrogen and oxygen atoms in total. The van der Waals surface area contributed by atoms with Gasteiger partial charge in [-0.1, -0.05) is 54.0 Å². The molecule has 0 aromatic heterocycles. The van der Waals surface area contributed by atoms with E-state index in [1.165, 1.54) is 0 Å². The van der Waals surface area contributed by atoms with Crippen molar-refractivity contribution in [2.75, 3.05) is 0 Å². The van der Waals surface area contributed by atoms with E-state index in [2.05, 4.69) is 0 Å². The first-order valence-electron chi connectivity index (χ1n) is 6.33. The van der Waals surface area contributed by atoms with Crippen molar-refractivity contribution in [2.24, 2.45) is 0 Å². The third kappa shape index (κ3) is 3.41. The van der Waals surface area contributed by atoms with Gasteiger partial charge in [0, 0.05) is 17.5 Å². The van der Waals surface area contributed by atoms with Gasteiger partial charge >= 0.3 is 0 Å². The number of Topliss-reactive ketones (excluding diaryl/α,β-unsaturated/α-hetero) is 1. The van der Waals surface area contributed by atoms with Gasteiger partial charge in [-0.05, 0) is 12.0 Å². The molecule has 2 aromatic carbocycles. The van der Waals surface area contributed by atoms with Gasteiger partial charge in [0.05, 0.1) is 0 Å². The molecule has 0 atom stereocenters. The van der Waals surface area contributed by atoms with Crippen molar-refractivity contribution < 1.29 is 9.59 Å². The predicted molar refractivity (Wildman–Crippen MR) is 79.1 cm³/mol. The quantitative estimate of drug-likeness (QED) is 0.458. The Balaban J connectivity index is 2.06. The molecule has 0 unspecified atom stereocenters. The van der Waals surface area contributed by atoms with Gasteiger partial charge < -0.3 is 0 Å². The second-order valence-corrected chi connectivity index (χ2v) is 4.61. The first-order chi connectivity index (χ1) is 9.20. The number of rotatable bonds is 5. The van der Waals surface area contributed by atoms with Gasteiger partial charge in [0.2, 0.25) is 0 Å². The molecule has 19 heavy (non-hydrogen) atoms. The molecule has 94 valence electrons. The Morgan fingerprint density at radius 2 is 1.89 bits per heavy atom. The number of aryl methyl sites for hydroxylation is 1. The normalized spacial score (nSPS) is 10.1. The van der Waals surface area contributed by atoms with Crippen molar-refractivity contribution in [2.45, 2.75) is 12.8 Å². The Labute approximate surface area is 113 Å². The van der Waals surface area contributed by atoms with Crippen LogP contribution in [0.4, 0.5) is 0 Å². The maximum absolute atomic E-state index is 12.1. The Hall–Kier alpha value is -2.16. The maximum atomic E-state index is 12.1. The Bertz CT molecular complexity index is 605. The summed E-state index contributed by atoms with van der Waals surface area (Å²) in [5.41, 5.74) is 3.42. The summed E-state index contributed by atoms with van der Waals surface area (Å²) in [6.45, 7) is 0. The van der Waals surface area contributed by atoms with E-state index < -0.39 is 0 Å². The molecule has 0 aliphatic heterocycles. The summed E-state index contributed by atoms with van der Waals surface area (Å²) in [5.74, 6) is 0.115. The molecule has 0 saturated heterocycles. The van der Waals surface area contributed by atoms with Crippen LogP contribution in [0.2, 0.25) is 0 Å². The smallest absolute Gasteiger partial charge is 0.163 e. The monoisotopic (exact) mass is 250 g/mol. The molecule has 0 amide bonds. The lowest BCUT2D eigenvalue weighted by Crippen LogP contribution is -2.08. The van der Waals surface area contributed by atoms with Crippen LogP contribution in [0.1, 0.15) is 32.7 Å². The van der Waals surface area contributed by atoms with Crippen molar-refractivity contribution in [1.82, 2.24) is 0 Å². The standard InChI is InChI=1S/C16H15BO2/c17-15-7-3-6-13(10-15)16(19)9-8-12-4-1-2-5-14(12)11-18/h1-7,10-11H,8-9,17H2. The van der Waals surface area contributed by atoms with E-state index in [1.807, 2.05) is 50.3 Å². The van der Waals surface area contributed by atoms with Gasteiger partial charge in [-0.3, -0.25) is 9.59 Å². The molecule has 0 N–H and O–H groups in total. The third-order valence-corrected chi connectivity index (χ3v) is 3.14. The number of carbonyl (C=O) groups is 2. The van der Waals surface area contributed by atoms with Crippen LogP contribution < -0.4 is 5.46 Å². The van der Waals surface area contributed by atoms with Crippen LogP contribution in [0.15, 0.2) is 48.5 Å². The van der Waals surface area contributed by atoms with Crippen LogP contribution in [-0.2, 0) is 6.42 Å². The zero-order valence-electron chi connectivity index (χ0n) is 10.9. The summed E-state index contributed by atoms with van der Waals surface area (Å²) in [7, 11) is 1.97. The molecular formula is C16H15BO2. The Morgan fingerprint density at radius 1 is 1.11 bits per heavy atom. The molecule has 0 heterocycles. The molecule has 2 aromatic rings. The highest BCUT2D eigenvalue weighted by atomic mass is 16.1. The molecule has 0 saturated carbocycles. The van der Waals surface area contributed by atoms with Gasteiger partial charge in [-0.25, -0.2) is 0 Å². The van der Waals surface area contributed by atoms with Crippen LogP contribution in [0.25, 0.3) is 0 Å². The van der Waals surface area contributed by atoms with Crippen molar-refractivity contribution in [3.63, 3.8) is 0 Å². The van der Waals surface area contributed by atoms with E-state index in [0.717, 1.165) is 22.9 Å². The summed E-state index contributed by atoms with van der Waals surface area (Å²) in [6.07, 6.45) is 1.86. The van der Waals surface area contributed by atoms with Crippen LogP contribution in [0.5, 0.6) is 0 Å². The summed E-state index contributed by atoms with van der Waals surface area (Å²) in [6, 6.07) is 15.0. The summed E-state index contributed by atoms with van der Waals surface area (Å²) < 4.78 is 0. The van der Waals surface area contributed by atoms with Crippen LogP contribution in [0.3, 0.4) is 0 Å². The molecule has 0 spiro atoms. The van der Waals surface area contributed by atoms with Crippen molar-refractivity contribution in [1.29, 1.82) is 0 Å². The van der Waals surface area contributed by atoms with E-state index in [9.17, 15) is 9.59 Å². The second kappa shape index (κ2) is 6.14. The SMILES string of the molecule is Bc1cccc(C(=O)CCc2ccccc2C=O)c1. The molecular weight excluding hydrogens is 235 g/mol. The highest BCUT2D eigenvalue weighted by Crippen LogP contribution is 2.11. The van der Waals surface area contributed by atoms with E-state index in [-0.39, 0.29) is 5.78 Å². The van der Waals surface area contributed by atoms with Crippen LogP contribution >= 0.6 is 0 Å². The molecule has 0 aliphatic carbocycles. The molecule has 0 fully saturated rings. The minimum atomic E-state index is 0.115. The number of hydrogen-bond acceptors (Lipinski definition) is 2. The van der Waals surface area contributed by atoms with Crippen molar-refractivity contribution >= 4 is 25.4 Å². The van der Waals surface area contributed by atoms with Crippen molar-refractivity contribution in [3.8, 4) is 0 Å². The van der Waals surface area contributed by atoms with Gasteiger partial charge in [-0.2, -0.15) is 0 Å². The Morgan fingerprint density at radius 3 is 2.63 bits per heavy atom. The minimum Gasteiger partial charge on any atom is -0.298 e. The van der Waals surface area contributed by atoms with E-state index in [4.69, 9.17) is 0 Å². The summed E-state index contributed by atoms with van der Waals surface area (Å²) >= 11 is 0. The lowest BCUT2D eigenvalue weighted by Gasteiger charge is -2.05. The van der Waals surface area contributed by atoms with Gasteiger partial charge in [0.1, 0.15) is 14.1 Å². The van der Waals surface area contributed by atoms with Crippen LogP contribution in [0, 0.1) is 0 Å². The van der Waals surface area contributed by atoms with Gasteiger partial charge in [0.25, 0.3) is 0 Å². The molecule has 2 rings (SSSR count). The number of ketones is 1. The molecule has 0 radical (unpaired) electrons. The summed E-state index contributed by atoms with van der Waals surface area (Å²) in [5, 5.41) is 0. The number of aldehydes is 1. The van der Waals surface area contributed by atoms with E-state index >= 15 is 0 Å². The fourth-order valence-corrected chi connectivity index (χ4v) is 2.09. The minimum absolute atomic E-state index is 0.115. The zero-order chi connectivity index (χ0) is 13.7. The highest BCUT2D eigenvalue weighted by Gasteiger charge is 2.08. The fourth-order valence-electron chi connectivity index (χ4n) is 2.09. The largest absolute Gasteiger partial charge is 0.298 e. The number of hydrogen-bond donors (Lipinski definition) is 0. The van der Waals surface area contributed by atoms with E-state index in [1.54, 1.807) is 6.07 Å². The van der Waals surface area contributed by atoms with E-state index in [0.29, 0.717) is 18.4 Å². The third-order valence-electron chi connectivity index (χ3n) is 3.14. The number of benzene rings is 2. The van der Waals surface area contributed by atoms with Gasteiger partial charge in [-0.15, -0.1) is 0 Å². The topological polar surface area (TPSA) is 34.1 Å². The fraction of sp³-hybridized carbons (Fsp3) is 0.125.